The number of allylic oxidation sites excluding steroid dienone is 1. The van der Waals surface area contributed by atoms with Crippen LogP contribution < -0.4 is 34.7 Å². The summed E-state index contributed by atoms with van der Waals surface area (Å²) in [5.74, 6) is -0.953. The van der Waals surface area contributed by atoms with E-state index in [1.54, 1.807) is 6.08 Å². The minimum atomic E-state index is -4.04. The third-order valence-corrected chi connectivity index (χ3v) is 4.30. The molecule has 0 saturated carbocycles. The first-order valence-electron chi connectivity index (χ1n) is 8.79. The van der Waals surface area contributed by atoms with Gasteiger partial charge in [0.15, 0.2) is 0 Å². The summed E-state index contributed by atoms with van der Waals surface area (Å²) in [6, 6.07) is 0. The van der Waals surface area contributed by atoms with Crippen LogP contribution in [0.5, 0.6) is 0 Å². The molecular formula is C17H32NNaO4S. The summed E-state index contributed by atoms with van der Waals surface area (Å²) >= 11 is 0. The van der Waals surface area contributed by atoms with Crippen LogP contribution >= 0.6 is 0 Å². The molecule has 0 heterocycles. The molecule has 0 radical (unpaired) electrons. The summed E-state index contributed by atoms with van der Waals surface area (Å²) in [5.41, 5.74) is 0. The summed E-state index contributed by atoms with van der Waals surface area (Å²) in [6.45, 7) is 2.04. The monoisotopic (exact) mass is 369 g/mol. The first-order chi connectivity index (χ1) is 11.0. The van der Waals surface area contributed by atoms with E-state index in [1.165, 1.54) is 63.9 Å². The van der Waals surface area contributed by atoms with Crippen molar-refractivity contribution >= 4 is 16.0 Å². The number of nitrogens with zero attached hydrogens (tertiary/aromatic N) is 1. The van der Waals surface area contributed by atoms with Gasteiger partial charge in [-0.05, 0) is 18.7 Å². The van der Waals surface area contributed by atoms with Gasteiger partial charge in [-0.3, -0.25) is 9.55 Å². The molecule has 0 fully saturated rings. The Morgan fingerprint density at radius 3 is 2.00 bits per heavy atom. The van der Waals surface area contributed by atoms with Gasteiger partial charge in [-0.15, -0.1) is 0 Å². The Morgan fingerprint density at radius 1 is 1.00 bits per heavy atom. The van der Waals surface area contributed by atoms with Crippen molar-refractivity contribution < 1.29 is 47.6 Å². The normalized spacial score (nSPS) is 12.5. The molecular weight excluding hydrogens is 337 g/mol. The van der Waals surface area contributed by atoms with E-state index >= 15 is 0 Å². The van der Waals surface area contributed by atoms with Gasteiger partial charge < -0.3 is 5.11 Å². The number of rotatable bonds is 15. The van der Waals surface area contributed by atoms with Crippen LogP contribution in [0.4, 0.5) is 0 Å². The van der Waals surface area contributed by atoms with Gasteiger partial charge >= 0.3 is 29.6 Å². The zero-order valence-electron chi connectivity index (χ0n) is 15.4. The predicted molar refractivity (Wildman–Crippen MR) is 94.3 cm³/mol. The van der Waals surface area contributed by atoms with Crippen LogP contribution in [0.15, 0.2) is 17.1 Å². The van der Waals surface area contributed by atoms with Gasteiger partial charge in [0, 0.05) is 0 Å². The second kappa shape index (κ2) is 17.9. The molecule has 0 amide bonds. The third kappa shape index (κ3) is 22.1. The first kappa shape index (κ1) is 26.4. The average Bonchev–Trinajstić information content (AvgIpc) is 2.47. The van der Waals surface area contributed by atoms with Crippen LogP contribution in [-0.4, -0.2) is 31.2 Å². The van der Waals surface area contributed by atoms with Crippen LogP contribution in [0.3, 0.4) is 0 Å². The molecule has 0 aromatic carbocycles. The fraction of sp³-hybridized carbons (Fsp3) is 0.824. The molecule has 0 aromatic rings. The predicted octanol–water partition coefficient (Wildman–Crippen LogP) is 0.504. The molecule has 0 aliphatic rings. The van der Waals surface area contributed by atoms with Crippen molar-refractivity contribution in [3.63, 3.8) is 0 Å². The molecule has 1 N–H and O–H groups in total. The number of unbranched alkanes of at least 4 members (excludes halogenated alkanes) is 10. The van der Waals surface area contributed by atoms with Crippen molar-refractivity contribution in [2.24, 2.45) is 4.99 Å². The Bertz CT molecular complexity index is 436. The molecule has 0 saturated heterocycles. The van der Waals surface area contributed by atoms with Gasteiger partial charge in [0.1, 0.15) is 0 Å². The Kier molecular flexibility index (Phi) is 19.7. The van der Waals surface area contributed by atoms with Crippen molar-refractivity contribution in [2.75, 3.05) is 12.3 Å². The summed E-state index contributed by atoms with van der Waals surface area (Å²) in [4.78, 5) is 3.53. The van der Waals surface area contributed by atoms with E-state index in [0.29, 0.717) is 0 Å². The second-order valence-electron chi connectivity index (χ2n) is 5.88. The minimum absolute atomic E-state index is 0. The van der Waals surface area contributed by atoms with Crippen molar-refractivity contribution in [1.29, 1.82) is 0 Å². The Balaban J connectivity index is 0. The molecule has 0 rings (SSSR count). The molecule has 5 nitrogen and oxygen atoms in total. The van der Waals surface area contributed by atoms with Crippen molar-refractivity contribution in [2.45, 2.75) is 77.6 Å². The SMILES string of the molecule is CCCCCCCCCCCC/C=C/C([O-])=NCCS(=O)(=O)O.[Na+]. The molecule has 0 aliphatic heterocycles. The number of hydrogen-bond donors (Lipinski definition) is 1. The summed E-state index contributed by atoms with van der Waals surface area (Å²) in [5, 5.41) is 11.3. The molecule has 0 atom stereocenters. The Morgan fingerprint density at radius 2 is 1.50 bits per heavy atom. The molecule has 7 heteroatoms. The number of aliphatic imine (C=N–C) groups is 1. The molecule has 0 unspecified atom stereocenters. The largest absolute Gasteiger partial charge is 1.00 e. The minimum Gasteiger partial charge on any atom is -0.859 e. The van der Waals surface area contributed by atoms with E-state index in [1.807, 2.05) is 0 Å². The van der Waals surface area contributed by atoms with E-state index in [9.17, 15) is 13.5 Å². The average molecular weight is 370 g/mol. The topological polar surface area (TPSA) is 89.8 Å². The van der Waals surface area contributed by atoms with Gasteiger partial charge in [-0.2, -0.15) is 8.42 Å². The molecule has 24 heavy (non-hydrogen) atoms. The zero-order valence-corrected chi connectivity index (χ0v) is 18.2. The zero-order chi connectivity index (χ0) is 17.4. The van der Waals surface area contributed by atoms with E-state index in [2.05, 4.69) is 11.9 Å². The fourth-order valence-corrected chi connectivity index (χ4v) is 2.58. The van der Waals surface area contributed by atoms with Crippen LogP contribution in [0.1, 0.15) is 77.6 Å². The van der Waals surface area contributed by atoms with E-state index in [4.69, 9.17) is 4.55 Å². The Labute approximate surface area is 170 Å². The molecule has 136 valence electrons. The van der Waals surface area contributed by atoms with Gasteiger partial charge in [0.25, 0.3) is 10.1 Å². The summed E-state index contributed by atoms with van der Waals surface area (Å²) < 4.78 is 29.4. The maximum atomic E-state index is 11.3. The molecule has 0 aliphatic carbocycles. The van der Waals surface area contributed by atoms with E-state index in [-0.39, 0.29) is 36.1 Å². The van der Waals surface area contributed by atoms with Gasteiger partial charge in [-0.25, -0.2) is 0 Å². The van der Waals surface area contributed by atoms with Crippen molar-refractivity contribution in [3.05, 3.63) is 12.2 Å². The molecule has 0 aromatic heterocycles. The quantitative estimate of drug-likeness (QED) is 0.150. The van der Waals surface area contributed by atoms with Crippen LogP contribution in [0, 0.1) is 0 Å². The fourth-order valence-electron chi connectivity index (χ4n) is 2.26. The maximum absolute atomic E-state index is 11.3. The number of hydrogen-bond acceptors (Lipinski definition) is 4. The molecule has 0 bridgehead atoms. The van der Waals surface area contributed by atoms with Crippen LogP contribution in [-0.2, 0) is 10.1 Å². The van der Waals surface area contributed by atoms with E-state index in [0.717, 1.165) is 12.8 Å². The summed E-state index contributed by atoms with van der Waals surface area (Å²) in [7, 11) is -4.04. The van der Waals surface area contributed by atoms with Gasteiger partial charge in [0.05, 0.1) is 12.3 Å². The summed E-state index contributed by atoms with van der Waals surface area (Å²) in [6.07, 6.45) is 16.8. The maximum Gasteiger partial charge on any atom is 1.00 e. The van der Waals surface area contributed by atoms with E-state index < -0.39 is 21.8 Å². The standard InChI is InChI=1S/C17H33NO4S.Na/c1-2-3-4-5-6-7-8-9-10-11-12-13-14-17(19)18-15-16-23(20,21)22;/h13-14H,2-12,15-16H2,1H3,(H,18,19)(H,20,21,22);/q;+1/p-1/b14-13+;. The Hall–Kier alpha value is 0.120. The van der Waals surface area contributed by atoms with Crippen molar-refractivity contribution in [3.8, 4) is 0 Å². The smallest absolute Gasteiger partial charge is 0.859 e. The van der Waals surface area contributed by atoms with Gasteiger partial charge in [0.2, 0.25) is 0 Å². The van der Waals surface area contributed by atoms with Crippen LogP contribution in [0.2, 0.25) is 0 Å². The third-order valence-electron chi connectivity index (χ3n) is 3.60. The molecule has 0 spiro atoms. The second-order valence-corrected chi connectivity index (χ2v) is 7.45. The van der Waals surface area contributed by atoms with Crippen molar-refractivity contribution in [1.82, 2.24) is 0 Å². The van der Waals surface area contributed by atoms with Gasteiger partial charge in [-0.1, -0.05) is 76.9 Å². The first-order valence-corrected chi connectivity index (χ1v) is 10.4. The van der Waals surface area contributed by atoms with Crippen LogP contribution in [0.25, 0.3) is 0 Å².